The van der Waals surface area contributed by atoms with Gasteiger partial charge in [0.25, 0.3) is 5.91 Å². The molecule has 1 amide bonds. The minimum absolute atomic E-state index is 0.135. The Hall–Kier alpha value is -2.23. The molecule has 0 aliphatic rings. The summed E-state index contributed by atoms with van der Waals surface area (Å²) in [6.45, 7) is 3.99. The summed E-state index contributed by atoms with van der Waals surface area (Å²) in [6, 6.07) is 10.6. The lowest BCUT2D eigenvalue weighted by atomic mass is 10.0. The Bertz CT molecular complexity index is 596. The molecule has 0 aliphatic carbocycles. The van der Waals surface area contributed by atoms with Crippen LogP contribution in [0.2, 0.25) is 0 Å². The van der Waals surface area contributed by atoms with E-state index in [0.717, 1.165) is 18.1 Å². The van der Waals surface area contributed by atoms with Gasteiger partial charge in [-0.15, -0.1) is 0 Å². The number of aromatic nitrogens is 1. The van der Waals surface area contributed by atoms with Crippen LogP contribution in [0, 0.1) is 5.95 Å². The van der Waals surface area contributed by atoms with Crippen LogP contribution < -0.4 is 5.32 Å². The lowest BCUT2D eigenvalue weighted by molar-refractivity contribution is 0.0939. The van der Waals surface area contributed by atoms with E-state index in [1.54, 1.807) is 0 Å². The molecule has 1 heterocycles. The van der Waals surface area contributed by atoms with E-state index in [-0.39, 0.29) is 17.5 Å². The molecule has 0 saturated heterocycles. The van der Waals surface area contributed by atoms with Crippen molar-refractivity contribution in [1.29, 1.82) is 0 Å². The summed E-state index contributed by atoms with van der Waals surface area (Å²) >= 11 is 0. The number of nitrogens with one attached hydrogen (secondary N) is 1. The fourth-order valence-corrected chi connectivity index (χ4v) is 1.95. The predicted octanol–water partition coefficient (Wildman–Crippen LogP) is 3.27. The molecule has 3 nitrogen and oxygen atoms in total. The fraction of sp³-hybridized carbons (Fsp3) is 0.250. The Balaban J connectivity index is 2.06. The van der Waals surface area contributed by atoms with Gasteiger partial charge in [0.05, 0.1) is 6.04 Å². The second-order valence-electron chi connectivity index (χ2n) is 4.66. The van der Waals surface area contributed by atoms with Crippen LogP contribution >= 0.6 is 0 Å². The molecular weight excluding hydrogens is 255 g/mol. The van der Waals surface area contributed by atoms with E-state index in [4.69, 9.17) is 0 Å². The number of aryl methyl sites for hydroxylation is 1. The highest BCUT2D eigenvalue weighted by molar-refractivity contribution is 5.94. The molecule has 1 aromatic carbocycles. The number of carbonyl (C=O) groups excluding carboxylic acids is 1. The monoisotopic (exact) mass is 272 g/mol. The van der Waals surface area contributed by atoms with Gasteiger partial charge < -0.3 is 5.32 Å². The smallest absolute Gasteiger partial charge is 0.251 e. The number of carbonyl (C=O) groups is 1. The Morgan fingerprint density at radius 2 is 2.00 bits per heavy atom. The molecule has 0 aliphatic heterocycles. The summed E-state index contributed by atoms with van der Waals surface area (Å²) in [7, 11) is 0. The molecule has 1 atom stereocenters. The molecule has 2 rings (SSSR count). The maximum absolute atomic E-state index is 13.0. The summed E-state index contributed by atoms with van der Waals surface area (Å²) in [6.07, 6.45) is 2.27. The molecule has 20 heavy (non-hydrogen) atoms. The number of rotatable bonds is 4. The van der Waals surface area contributed by atoms with E-state index in [1.807, 2.05) is 31.2 Å². The largest absolute Gasteiger partial charge is 0.346 e. The van der Waals surface area contributed by atoms with Crippen LogP contribution in [0.3, 0.4) is 0 Å². The van der Waals surface area contributed by atoms with E-state index >= 15 is 0 Å². The Morgan fingerprint density at radius 3 is 2.60 bits per heavy atom. The van der Waals surface area contributed by atoms with E-state index in [1.165, 1.54) is 17.8 Å². The molecule has 0 spiro atoms. The summed E-state index contributed by atoms with van der Waals surface area (Å²) in [5.74, 6) is -0.962. The zero-order valence-corrected chi connectivity index (χ0v) is 11.6. The fourth-order valence-electron chi connectivity index (χ4n) is 1.95. The second kappa shape index (κ2) is 6.28. The Labute approximate surface area is 117 Å². The highest BCUT2D eigenvalue weighted by Gasteiger charge is 2.12. The third-order valence-electron chi connectivity index (χ3n) is 3.22. The van der Waals surface area contributed by atoms with Gasteiger partial charge in [0, 0.05) is 17.8 Å². The molecule has 1 aromatic heterocycles. The third kappa shape index (κ3) is 3.41. The maximum atomic E-state index is 13.0. The van der Waals surface area contributed by atoms with Crippen LogP contribution in [0.25, 0.3) is 0 Å². The first kappa shape index (κ1) is 14.2. The van der Waals surface area contributed by atoms with E-state index < -0.39 is 5.95 Å². The zero-order valence-electron chi connectivity index (χ0n) is 11.6. The zero-order chi connectivity index (χ0) is 14.5. The minimum Gasteiger partial charge on any atom is -0.346 e. The van der Waals surface area contributed by atoms with Crippen molar-refractivity contribution in [2.24, 2.45) is 0 Å². The molecule has 104 valence electrons. The number of benzene rings is 1. The first-order valence-corrected chi connectivity index (χ1v) is 6.61. The quantitative estimate of drug-likeness (QED) is 0.868. The van der Waals surface area contributed by atoms with Crippen molar-refractivity contribution >= 4 is 5.91 Å². The van der Waals surface area contributed by atoms with E-state index in [0.29, 0.717) is 0 Å². The predicted molar refractivity (Wildman–Crippen MR) is 75.9 cm³/mol. The molecule has 0 radical (unpaired) electrons. The average Bonchev–Trinajstić information content (AvgIpc) is 2.47. The van der Waals surface area contributed by atoms with Crippen LogP contribution in [0.15, 0.2) is 42.6 Å². The van der Waals surface area contributed by atoms with Crippen molar-refractivity contribution < 1.29 is 9.18 Å². The van der Waals surface area contributed by atoms with Gasteiger partial charge in [-0.3, -0.25) is 4.79 Å². The number of amides is 1. The van der Waals surface area contributed by atoms with Crippen LogP contribution in [-0.4, -0.2) is 10.9 Å². The SMILES string of the molecule is CCc1ccc(C(C)NC(=O)c2ccnc(F)c2)cc1. The minimum atomic E-state index is -0.655. The molecule has 4 heteroatoms. The van der Waals surface area contributed by atoms with E-state index in [9.17, 15) is 9.18 Å². The molecular formula is C16H17FN2O. The van der Waals surface area contributed by atoms with Crippen molar-refractivity contribution in [3.05, 3.63) is 65.2 Å². The second-order valence-corrected chi connectivity index (χ2v) is 4.66. The summed E-state index contributed by atoms with van der Waals surface area (Å²) in [5.41, 5.74) is 2.54. The van der Waals surface area contributed by atoms with E-state index in [2.05, 4.69) is 17.2 Å². The van der Waals surface area contributed by atoms with Crippen molar-refractivity contribution in [3.63, 3.8) is 0 Å². The van der Waals surface area contributed by atoms with Crippen molar-refractivity contribution in [2.45, 2.75) is 26.3 Å². The summed E-state index contributed by atoms with van der Waals surface area (Å²) in [5, 5.41) is 2.84. The molecule has 1 N–H and O–H groups in total. The highest BCUT2D eigenvalue weighted by atomic mass is 19.1. The number of nitrogens with zero attached hydrogens (tertiary/aromatic N) is 1. The third-order valence-corrected chi connectivity index (χ3v) is 3.22. The van der Waals surface area contributed by atoms with Crippen LogP contribution in [-0.2, 0) is 6.42 Å². The molecule has 0 bridgehead atoms. The topological polar surface area (TPSA) is 42.0 Å². The van der Waals surface area contributed by atoms with Gasteiger partial charge in [0.2, 0.25) is 5.95 Å². The van der Waals surface area contributed by atoms with Crippen LogP contribution in [0.4, 0.5) is 4.39 Å². The number of halogens is 1. The summed E-state index contributed by atoms with van der Waals surface area (Å²) in [4.78, 5) is 15.4. The molecule has 1 unspecified atom stereocenters. The standard InChI is InChI=1S/C16H17FN2O/c1-3-12-4-6-13(7-5-12)11(2)19-16(20)14-8-9-18-15(17)10-14/h4-11H,3H2,1-2H3,(H,19,20). The van der Waals surface area contributed by atoms with Gasteiger partial charge in [-0.1, -0.05) is 31.2 Å². The molecule has 0 saturated carbocycles. The average molecular weight is 272 g/mol. The highest BCUT2D eigenvalue weighted by Crippen LogP contribution is 2.14. The number of hydrogen-bond acceptors (Lipinski definition) is 2. The van der Waals surface area contributed by atoms with Gasteiger partial charge in [-0.05, 0) is 30.5 Å². The molecule has 2 aromatic rings. The van der Waals surface area contributed by atoms with Gasteiger partial charge in [0.1, 0.15) is 0 Å². The number of hydrogen-bond donors (Lipinski definition) is 1. The lowest BCUT2D eigenvalue weighted by Gasteiger charge is -2.14. The Morgan fingerprint density at radius 1 is 1.30 bits per heavy atom. The summed E-state index contributed by atoms with van der Waals surface area (Å²) < 4.78 is 13.0. The Kier molecular flexibility index (Phi) is 4.45. The van der Waals surface area contributed by atoms with Gasteiger partial charge in [-0.25, -0.2) is 4.98 Å². The lowest BCUT2D eigenvalue weighted by Crippen LogP contribution is -2.26. The maximum Gasteiger partial charge on any atom is 0.251 e. The first-order chi connectivity index (χ1) is 9.60. The van der Waals surface area contributed by atoms with Crippen LogP contribution in [0.5, 0.6) is 0 Å². The van der Waals surface area contributed by atoms with Crippen molar-refractivity contribution in [3.8, 4) is 0 Å². The molecule has 0 fully saturated rings. The normalized spacial score (nSPS) is 11.9. The van der Waals surface area contributed by atoms with Gasteiger partial charge >= 0.3 is 0 Å². The van der Waals surface area contributed by atoms with Crippen molar-refractivity contribution in [2.75, 3.05) is 0 Å². The van der Waals surface area contributed by atoms with Crippen LogP contribution in [0.1, 0.15) is 41.4 Å². The van der Waals surface area contributed by atoms with Gasteiger partial charge in [-0.2, -0.15) is 4.39 Å². The van der Waals surface area contributed by atoms with Gasteiger partial charge in [0.15, 0.2) is 0 Å². The van der Waals surface area contributed by atoms with Crippen molar-refractivity contribution in [1.82, 2.24) is 10.3 Å². The number of pyridine rings is 1. The first-order valence-electron chi connectivity index (χ1n) is 6.61.